The van der Waals surface area contributed by atoms with Crippen molar-refractivity contribution in [3.05, 3.63) is 35.6 Å². The van der Waals surface area contributed by atoms with E-state index in [1.165, 1.54) is 0 Å². The van der Waals surface area contributed by atoms with Crippen LogP contribution in [0.5, 0.6) is 0 Å². The van der Waals surface area contributed by atoms with E-state index < -0.39 is 0 Å². The smallest absolute Gasteiger partial charge is 0.272 e. The fraction of sp³-hybridized carbons (Fsp3) is 0.429. The molecule has 0 unspecified atom stereocenters. The van der Waals surface area contributed by atoms with Gasteiger partial charge in [0, 0.05) is 19.3 Å². The van der Waals surface area contributed by atoms with Crippen LogP contribution in [0.1, 0.15) is 23.3 Å². The largest absolute Gasteiger partial charge is 0.341 e. The summed E-state index contributed by atoms with van der Waals surface area (Å²) in [7, 11) is 0. The second kappa shape index (κ2) is 5.07. The molecule has 7 heteroatoms. The van der Waals surface area contributed by atoms with Crippen LogP contribution in [-0.2, 0) is 0 Å². The number of nitrogens with zero attached hydrogens (tertiary/aromatic N) is 5. The number of carbonyl (C=O) groups excluding carboxylic acids is 1. The minimum absolute atomic E-state index is 0.0437. The van der Waals surface area contributed by atoms with Gasteiger partial charge >= 0.3 is 0 Å². The van der Waals surface area contributed by atoms with E-state index in [-0.39, 0.29) is 11.9 Å². The Kier molecular flexibility index (Phi) is 3.07. The van der Waals surface area contributed by atoms with Gasteiger partial charge in [0.05, 0.1) is 12.1 Å². The van der Waals surface area contributed by atoms with Crippen molar-refractivity contribution in [3.63, 3.8) is 0 Å². The minimum atomic E-state index is 0.0437. The van der Waals surface area contributed by atoms with Gasteiger partial charge in [0.2, 0.25) is 5.13 Å². The lowest BCUT2D eigenvalue weighted by Gasteiger charge is -2.24. The van der Waals surface area contributed by atoms with E-state index in [1.807, 2.05) is 17.0 Å². The Labute approximate surface area is 126 Å². The van der Waals surface area contributed by atoms with Crippen LogP contribution in [0.15, 0.2) is 29.9 Å². The normalized spacial score (nSPS) is 24.4. The van der Waals surface area contributed by atoms with Crippen molar-refractivity contribution in [2.75, 3.05) is 18.0 Å². The van der Waals surface area contributed by atoms with Crippen LogP contribution in [0.2, 0.25) is 0 Å². The Bertz CT molecular complexity index is 632. The SMILES string of the molecule is O=C(c1ccccn1)N1CC[C@@H]2[C@@H]1CCN2c1nncs1. The molecule has 2 atom stereocenters. The first-order valence-electron chi connectivity index (χ1n) is 7.09. The van der Waals surface area contributed by atoms with Gasteiger partial charge in [-0.2, -0.15) is 0 Å². The molecule has 2 aromatic rings. The summed E-state index contributed by atoms with van der Waals surface area (Å²) in [5.74, 6) is 0.0437. The van der Waals surface area contributed by atoms with Crippen molar-refractivity contribution in [1.29, 1.82) is 0 Å². The lowest BCUT2D eigenvalue weighted by molar-refractivity contribution is 0.0731. The molecule has 2 aliphatic heterocycles. The maximum absolute atomic E-state index is 12.6. The average molecular weight is 301 g/mol. The molecule has 1 amide bonds. The highest BCUT2D eigenvalue weighted by atomic mass is 32.1. The molecule has 0 spiro atoms. The molecule has 2 aliphatic rings. The molecule has 4 rings (SSSR count). The second-order valence-electron chi connectivity index (χ2n) is 5.34. The molecule has 6 nitrogen and oxygen atoms in total. The summed E-state index contributed by atoms with van der Waals surface area (Å²) in [4.78, 5) is 21.1. The number of aromatic nitrogens is 3. The monoisotopic (exact) mass is 301 g/mol. The van der Waals surface area contributed by atoms with Crippen LogP contribution in [0, 0.1) is 0 Å². The number of rotatable bonds is 2. The summed E-state index contributed by atoms with van der Waals surface area (Å²) in [6.45, 7) is 1.73. The van der Waals surface area contributed by atoms with Gasteiger partial charge in [-0.15, -0.1) is 10.2 Å². The Morgan fingerprint density at radius 1 is 1.24 bits per heavy atom. The van der Waals surface area contributed by atoms with Crippen molar-refractivity contribution in [3.8, 4) is 0 Å². The van der Waals surface area contributed by atoms with Gasteiger partial charge in [-0.25, -0.2) is 0 Å². The summed E-state index contributed by atoms with van der Waals surface area (Å²) < 4.78 is 0. The van der Waals surface area contributed by atoms with Crippen molar-refractivity contribution in [1.82, 2.24) is 20.1 Å². The minimum Gasteiger partial charge on any atom is -0.341 e. The van der Waals surface area contributed by atoms with Gasteiger partial charge in [-0.1, -0.05) is 17.4 Å². The number of amides is 1. The summed E-state index contributed by atoms with van der Waals surface area (Å²) in [6.07, 6.45) is 3.65. The number of fused-ring (bicyclic) bond motifs is 1. The Balaban J connectivity index is 1.55. The molecule has 2 aromatic heterocycles. The Hall–Kier alpha value is -2.02. The zero-order chi connectivity index (χ0) is 14.2. The number of hydrogen-bond donors (Lipinski definition) is 0. The number of carbonyl (C=O) groups is 1. The van der Waals surface area contributed by atoms with Gasteiger partial charge in [-0.3, -0.25) is 9.78 Å². The maximum atomic E-state index is 12.6. The van der Waals surface area contributed by atoms with Gasteiger partial charge in [-0.05, 0) is 25.0 Å². The van der Waals surface area contributed by atoms with Crippen LogP contribution in [0.4, 0.5) is 5.13 Å². The van der Waals surface area contributed by atoms with Gasteiger partial charge in [0.1, 0.15) is 11.2 Å². The first-order valence-corrected chi connectivity index (χ1v) is 7.97. The molecule has 108 valence electrons. The molecule has 2 saturated heterocycles. The molecule has 0 saturated carbocycles. The molecule has 0 bridgehead atoms. The van der Waals surface area contributed by atoms with E-state index in [4.69, 9.17) is 0 Å². The topological polar surface area (TPSA) is 62.2 Å². The zero-order valence-corrected chi connectivity index (χ0v) is 12.2. The molecule has 0 N–H and O–H groups in total. The molecular weight excluding hydrogens is 286 g/mol. The van der Waals surface area contributed by atoms with E-state index in [0.717, 1.165) is 31.1 Å². The lowest BCUT2D eigenvalue weighted by Crippen LogP contribution is -2.40. The van der Waals surface area contributed by atoms with E-state index in [0.29, 0.717) is 11.7 Å². The van der Waals surface area contributed by atoms with Crippen molar-refractivity contribution < 1.29 is 4.79 Å². The lowest BCUT2D eigenvalue weighted by atomic mass is 10.1. The third kappa shape index (κ3) is 2.08. The molecule has 4 heterocycles. The summed E-state index contributed by atoms with van der Waals surface area (Å²) >= 11 is 1.56. The first kappa shape index (κ1) is 12.7. The maximum Gasteiger partial charge on any atom is 0.272 e. The van der Waals surface area contributed by atoms with Crippen LogP contribution in [0.3, 0.4) is 0 Å². The molecule has 21 heavy (non-hydrogen) atoms. The van der Waals surface area contributed by atoms with Crippen LogP contribution >= 0.6 is 11.3 Å². The molecule has 0 radical (unpaired) electrons. The third-order valence-electron chi connectivity index (χ3n) is 4.32. The van der Waals surface area contributed by atoms with E-state index in [2.05, 4.69) is 20.1 Å². The predicted octanol–water partition coefficient (Wildman–Crippen LogP) is 1.43. The van der Waals surface area contributed by atoms with Crippen LogP contribution in [0.25, 0.3) is 0 Å². The standard InChI is InChI=1S/C14H15N5OS/c20-13(10-3-1-2-6-15-10)18-7-4-12-11(18)5-8-19(12)14-17-16-9-21-14/h1-3,6,9,11-12H,4-5,7-8H2/t11-,12+/m0/s1. The van der Waals surface area contributed by atoms with Crippen LogP contribution < -0.4 is 4.90 Å². The fourth-order valence-corrected chi connectivity index (χ4v) is 4.05. The highest BCUT2D eigenvalue weighted by Gasteiger charge is 2.45. The molecule has 2 fully saturated rings. The number of hydrogen-bond acceptors (Lipinski definition) is 6. The van der Waals surface area contributed by atoms with E-state index >= 15 is 0 Å². The molecule has 0 aromatic carbocycles. The Morgan fingerprint density at radius 2 is 2.14 bits per heavy atom. The molecular formula is C14H15N5OS. The Morgan fingerprint density at radius 3 is 2.90 bits per heavy atom. The fourth-order valence-electron chi connectivity index (χ4n) is 3.40. The highest BCUT2D eigenvalue weighted by molar-refractivity contribution is 7.13. The number of pyridine rings is 1. The third-order valence-corrected chi connectivity index (χ3v) is 5.04. The van der Waals surface area contributed by atoms with Crippen molar-refractivity contribution >= 4 is 22.4 Å². The van der Waals surface area contributed by atoms with Crippen molar-refractivity contribution in [2.24, 2.45) is 0 Å². The first-order chi connectivity index (χ1) is 10.3. The highest BCUT2D eigenvalue weighted by Crippen LogP contribution is 2.36. The van der Waals surface area contributed by atoms with Crippen molar-refractivity contribution in [2.45, 2.75) is 24.9 Å². The number of likely N-dealkylation sites (tertiary alicyclic amines) is 1. The molecule has 0 aliphatic carbocycles. The quantitative estimate of drug-likeness (QED) is 0.839. The summed E-state index contributed by atoms with van der Waals surface area (Å²) in [5, 5.41) is 9.05. The van der Waals surface area contributed by atoms with E-state index in [9.17, 15) is 4.79 Å². The summed E-state index contributed by atoms with van der Waals surface area (Å²) in [5.41, 5.74) is 2.29. The second-order valence-corrected chi connectivity index (χ2v) is 6.15. The average Bonchev–Trinajstić information content (AvgIpc) is 3.24. The van der Waals surface area contributed by atoms with Crippen LogP contribution in [-0.4, -0.2) is 51.2 Å². The summed E-state index contributed by atoms with van der Waals surface area (Å²) in [6, 6.07) is 6.11. The van der Waals surface area contributed by atoms with Gasteiger partial charge in [0.15, 0.2) is 0 Å². The van der Waals surface area contributed by atoms with E-state index in [1.54, 1.807) is 29.1 Å². The number of anilines is 1. The predicted molar refractivity (Wildman–Crippen MR) is 79.3 cm³/mol. The van der Waals surface area contributed by atoms with Gasteiger partial charge < -0.3 is 9.80 Å². The van der Waals surface area contributed by atoms with Gasteiger partial charge in [0.25, 0.3) is 5.91 Å². The zero-order valence-electron chi connectivity index (χ0n) is 11.4.